The molecule has 0 fully saturated rings. The molecule has 0 bridgehead atoms. The molecule has 0 aliphatic carbocycles. The van der Waals surface area contributed by atoms with E-state index in [4.69, 9.17) is 4.42 Å². The van der Waals surface area contributed by atoms with Crippen LogP contribution in [-0.2, 0) is 13.6 Å². The molecule has 3 rings (SSSR count). The zero-order chi connectivity index (χ0) is 19.4. The number of nitrogens with zero attached hydrogens (tertiary/aromatic N) is 5. The molecule has 0 saturated heterocycles. The van der Waals surface area contributed by atoms with Gasteiger partial charge in [0.25, 0.3) is 0 Å². The summed E-state index contributed by atoms with van der Waals surface area (Å²) < 4.78 is 7.59. The van der Waals surface area contributed by atoms with E-state index in [1.165, 1.54) is 4.90 Å². The lowest BCUT2D eigenvalue weighted by molar-refractivity contribution is 0.193. The maximum atomic E-state index is 12.6. The summed E-state index contributed by atoms with van der Waals surface area (Å²) in [5.41, 5.74) is 0.845. The molecular weight excluding hydrogens is 344 g/mol. The van der Waals surface area contributed by atoms with Crippen LogP contribution in [0.5, 0.6) is 0 Å². The second-order valence-electron chi connectivity index (χ2n) is 6.79. The normalized spacial score (nSPS) is 12.2. The van der Waals surface area contributed by atoms with Crippen molar-refractivity contribution in [2.24, 2.45) is 13.0 Å². The van der Waals surface area contributed by atoms with Crippen molar-refractivity contribution in [3.8, 4) is 11.5 Å². The molecule has 142 valence electrons. The van der Waals surface area contributed by atoms with E-state index in [-0.39, 0.29) is 24.5 Å². The zero-order valence-electron chi connectivity index (χ0n) is 16.0. The Morgan fingerprint density at radius 1 is 1.26 bits per heavy atom. The van der Waals surface area contributed by atoms with Crippen molar-refractivity contribution >= 4 is 6.03 Å². The molecule has 8 nitrogen and oxygen atoms in total. The maximum absolute atomic E-state index is 12.6. The SMILES string of the molecule is CC(C)[C@@H](NC(=O)N(C)Cc1nnc(-c2ccccc2)o1)c1nccn1C. The molecule has 0 spiro atoms. The number of amides is 2. The smallest absolute Gasteiger partial charge is 0.318 e. The van der Waals surface area contributed by atoms with E-state index < -0.39 is 0 Å². The summed E-state index contributed by atoms with van der Waals surface area (Å²) >= 11 is 0. The molecule has 8 heteroatoms. The van der Waals surface area contributed by atoms with Gasteiger partial charge < -0.3 is 19.2 Å². The molecule has 2 amide bonds. The number of nitrogens with one attached hydrogen (secondary N) is 1. The van der Waals surface area contributed by atoms with E-state index in [9.17, 15) is 4.79 Å². The van der Waals surface area contributed by atoms with E-state index in [1.807, 2.05) is 62.0 Å². The van der Waals surface area contributed by atoms with Crippen LogP contribution >= 0.6 is 0 Å². The number of imidazole rings is 1. The average molecular weight is 368 g/mol. The van der Waals surface area contributed by atoms with Gasteiger partial charge in [-0.05, 0) is 18.1 Å². The van der Waals surface area contributed by atoms with E-state index >= 15 is 0 Å². The van der Waals surface area contributed by atoms with Crippen molar-refractivity contribution in [1.29, 1.82) is 0 Å². The van der Waals surface area contributed by atoms with Crippen LogP contribution in [0.2, 0.25) is 0 Å². The Kier molecular flexibility index (Phi) is 5.54. The number of benzene rings is 1. The average Bonchev–Trinajstić information content (AvgIpc) is 3.29. The van der Waals surface area contributed by atoms with Crippen LogP contribution in [0.4, 0.5) is 4.79 Å². The highest BCUT2D eigenvalue weighted by Crippen LogP contribution is 2.21. The van der Waals surface area contributed by atoms with Crippen LogP contribution in [-0.4, -0.2) is 37.7 Å². The summed E-state index contributed by atoms with van der Waals surface area (Å²) in [6.07, 6.45) is 3.59. The first-order chi connectivity index (χ1) is 13.0. The Morgan fingerprint density at radius 2 is 2.00 bits per heavy atom. The molecule has 0 saturated carbocycles. The molecule has 1 atom stereocenters. The third-order valence-electron chi connectivity index (χ3n) is 4.29. The molecular formula is C19H24N6O2. The first-order valence-electron chi connectivity index (χ1n) is 8.82. The number of aromatic nitrogens is 4. The quantitative estimate of drug-likeness (QED) is 0.722. The number of aryl methyl sites for hydroxylation is 1. The van der Waals surface area contributed by atoms with Crippen LogP contribution in [0.25, 0.3) is 11.5 Å². The minimum absolute atomic E-state index is 0.191. The van der Waals surface area contributed by atoms with Gasteiger partial charge in [0.1, 0.15) is 12.4 Å². The second-order valence-corrected chi connectivity index (χ2v) is 6.79. The van der Waals surface area contributed by atoms with E-state index in [2.05, 4.69) is 20.5 Å². The monoisotopic (exact) mass is 368 g/mol. The van der Waals surface area contributed by atoms with E-state index in [1.54, 1.807) is 13.2 Å². The van der Waals surface area contributed by atoms with E-state index in [0.29, 0.717) is 11.8 Å². The Morgan fingerprint density at radius 3 is 2.63 bits per heavy atom. The summed E-state index contributed by atoms with van der Waals surface area (Å²) in [5, 5.41) is 11.1. The van der Waals surface area contributed by atoms with Gasteiger partial charge in [0.2, 0.25) is 11.8 Å². The van der Waals surface area contributed by atoms with Gasteiger partial charge in [0, 0.05) is 32.1 Å². The molecule has 2 aromatic heterocycles. The highest BCUT2D eigenvalue weighted by molar-refractivity contribution is 5.74. The maximum Gasteiger partial charge on any atom is 0.318 e. The van der Waals surface area contributed by atoms with Crippen LogP contribution in [0.1, 0.15) is 31.6 Å². The molecule has 0 radical (unpaired) electrons. The molecule has 3 aromatic rings. The van der Waals surface area contributed by atoms with Gasteiger partial charge >= 0.3 is 6.03 Å². The fraction of sp³-hybridized carbons (Fsp3) is 0.368. The Labute approximate surface area is 158 Å². The summed E-state index contributed by atoms with van der Waals surface area (Å²) in [5.74, 6) is 1.82. The molecule has 0 unspecified atom stereocenters. The van der Waals surface area contributed by atoms with Crippen LogP contribution in [0.15, 0.2) is 47.1 Å². The third kappa shape index (κ3) is 4.33. The van der Waals surface area contributed by atoms with Crippen molar-refractivity contribution in [2.75, 3.05) is 7.05 Å². The van der Waals surface area contributed by atoms with Gasteiger partial charge in [-0.2, -0.15) is 0 Å². The minimum atomic E-state index is -0.226. The summed E-state index contributed by atoms with van der Waals surface area (Å²) in [7, 11) is 3.61. The molecule has 1 N–H and O–H groups in total. The first-order valence-corrected chi connectivity index (χ1v) is 8.82. The van der Waals surface area contributed by atoms with Crippen molar-refractivity contribution in [3.05, 3.63) is 54.4 Å². The van der Waals surface area contributed by atoms with Crippen molar-refractivity contribution < 1.29 is 9.21 Å². The Hall–Kier alpha value is -3.16. The van der Waals surface area contributed by atoms with Gasteiger partial charge in [-0.25, -0.2) is 9.78 Å². The molecule has 2 heterocycles. The Balaban J connectivity index is 1.65. The molecule has 27 heavy (non-hydrogen) atoms. The van der Waals surface area contributed by atoms with Crippen LogP contribution in [0, 0.1) is 5.92 Å². The number of urea groups is 1. The first kappa shape index (κ1) is 18.6. The number of hydrogen-bond donors (Lipinski definition) is 1. The third-order valence-corrected chi connectivity index (χ3v) is 4.29. The van der Waals surface area contributed by atoms with Crippen molar-refractivity contribution in [1.82, 2.24) is 30.0 Å². The van der Waals surface area contributed by atoms with Gasteiger partial charge in [-0.15, -0.1) is 10.2 Å². The number of rotatable bonds is 6. The predicted molar refractivity (Wildman–Crippen MR) is 101 cm³/mol. The van der Waals surface area contributed by atoms with Gasteiger partial charge in [0.15, 0.2) is 0 Å². The second kappa shape index (κ2) is 8.03. The summed E-state index contributed by atoms with van der Waals surface area (Å²) in [6.45, 7) is 4.31. The number of carbonyl (C=O) groups is 1. The van der Waals surface area contributed by atoms with Crippen LogP contribution < -0.4 is 5.32 Å². The fourth-order valence-corrected chi connectivity index (χ4v) is 2.74. The number of hydrogen-bond acceptors (Lipinski definition) is 5. The topological polar surface area (TPSA) is 89.1 Å². The fourth-order valence-electron chi connectivity index (χ4n) is 2.74. The Bertz CT molecular complexity index is 887. The predicted octanol–water partition coefficient (Wildman–Crippen LogP) is 3.01. The van der Waals surface area contributed by atoms with Crippen molar-refractivity contribution in [3.63, 3.8) is 0 Å². The zero-order valence-corrected chi connectivity index (χ0v) is 16.0. The summed E-state index contributed by atoms with van der Waals surface area (Å²) in [4.78, 5) is 18.5. The largest absolute Gasteiger partial charge is 0.419 e. The number of carbonyl (C=O) groups excluding carboxylic acids is 1. The molecule has 0 aliphatic rings. The lowest BCUT2D eigenvalue weighted by Gasteiger charge is -2.25. The highest BCUT2D eigenvalue weighted by Gasteiger charge is 2.24. The molecule has 0 aliphatic heterocycles. The highest BCUT2D eigenvalue weighted by atomic mass is 16.4. The van der Waals surface area contributed by atoms with Gasteiger partial charge in [-0.1, -0.05) is 32.0 Å². The minimum Gasteiger partial charge on any atom is -0.419 e. The van der Waals surface area contributed by atoms with Gasteiger partial charge in [-0.3, -0.25) is 0 Å². The van der Waals surface area contributed by atoms with Crippen LogP contribution in [0.3, 0.4) is 0 Å². The van der Waals surface area contributed by atoms with E-state index in [0.717, 1.165) is 11.4 Å². The lowest BCUT2D eigenvalue weighted by atomic mass is 10.0. The van der Waals surface area contributed by atoms with Gasteiger partial charge in [0.05, 0.1) is 6.04 Å². The summed E-state index contributed by atoms with van der Waals surface area (Å²) in [6, 6.07) is 9.11. The molecule has 1 aromatic carbocycles. The standard InChI is InChI=1S/C19H24N6O2/c1-13(2)16(17-20-10-11-24(17)3)21-19(26)25(4)12-15-22-23-18(27-15)14-8-6-5-7-9-14/h5-11,13,16H,12H2,1-4H3,(H,21,26)/t16-/m1/s1. The lowest BCUT2D eigenvalue weighted by Crippen LogP contribution is -2.41. The van der Waals surface area contributed by atoms with Crippen molar-refractivity contribution in [2.45, 2.75) is 26.4 Å².